The molecule has 0 aromatic carbocycles. The molecule has 0 N–H and O–H groups in total. The minimum Gasteiger partial charge on any atom is -0.467 e. The van der Waals surface area contributed by atoms with Gasteiger partial charge in [0.1, 0.15) is 11.5 Å². The van der Waals surface area contributed by atoms with E-state index >= 15 is 0 Å². The van der Waals surface area contributed by atoms with Crippen LogP contribution in [0.1, 0.15) is 53.8 Å². The van der Waals surface area contributed by atoms with Crippen LogP contribution in [0, 0.1) is 0 Å². The average Bonchev–Trinajstić information content (AvgIpc) is 3.26. The molecule has 0 atom stereocenters. The largest absolute Gasteiger partial charge is 0.467 e. The molecule has 24 heavy (non-hydrogen) atoms. The minimum absolute atomic E-state index is 0.0881. The Morgan fingerprint density at radius 3 is 3.04 bits per heavy atom. The van der Waals surface area contributed by atoms with Crippen LogP contribution in [0.3, 0.4) is 0 Å². The Morgan fingerprint density at radius 1 is 1.38 bits per heavy atom. The van der Waals surface area contributed by atoms with E-state index in [9.17, 15) is 4.79 Å². The van der Waals surface area contributed by atoms with E-state index in [0.717, 1.165) is 49.2 Å². The van der Waals surface area contributed by atoms with E-state index in [2.05, 4.69) is 5.16 Å². The normalized spacial score (nSPS) is 13.7. The number of nitrogens with zero attached hydrogens (tertiary/aromatic N) is 2. The third-order valence-corrected chi connectivity index (χ3v) is 4.29. The molecule has 1 aliphatic rings. The number of hydrogen-bond acceptors (Lipinski definition) is 5. The van der Waals surface area contributed by atoms with Gasteiger partial charge in [0.05, 0.1) is 12.8 Å². The highest BCUT2D eigenvalue weighted by Gasteiger charge is 2.27. The summed E-state index contributed by atoms with van der Waals surface area (Å²) >= 11 is 0. The number of hydrogen-bond donors (Lipinski definition) is 0. The lowest BCUT2D eigenvalue weighted by Gasteiger charge is -2.21. The predicted molar refractivity (Wildman–Crippen MR) is 87.7 cm³/mol. The monoisotopic (exact) mass is 332 g/mol. The molecule has 0 fully saturated rings. The Labute approximate surface area is 141 Å². The Bertz CT molecular complexity index is 648. The summed E-state index contributed by atoms with van der Waals surface area (Å²) < 4.78 is 16.2. The second-order valence-corrected chi connectivity index (χ2v) is 6.00. The number of ether oxygens (including phenoxy) is 1. The Hall–Kier alpha value is -2.08. The highest BCUT2D eigenvalue weighted by molar-refractivity contribution is 5.93. The predicted octanol–water partition coefficient (Wildman–Crippen LogP) is 3.22. The smallest absolute Gasteiger partial charge is 0.276 e. The van der Waals surface area contributed by atoms with Gasteiger partial charge in [0, 0.05) is 31.7 Å². The molecule has 1 aliphatic carbocycles. The van der Waals surface area contributed by atoms with Crippen LogP contribution in [-0.2, 0) is 24.1 Å². The molecule has 1 amide bonds. The molecule has 0 saturated heterocycles. The van der Waals surface area contributed by atoms with E-state index in [-0.39, 0.29) is 5.91 Å². The molecule has 0 aliphatic heterocycles. The maximum Gasteiger partial charge on any atom is 0.276 e. The first-order valence-corrected chi connectivity index (χ1v) is 8.66. The van der Waals surface area contributed by atoms with Gasteiger partial charge in [0.15, 0.2) is 5.69 Å². The molecular formula is C18H24N2O4. The van der Waals surface area contributed by atoms with E-state index in [4.69, 9.17) is 13.7 Å². The van der Waals surface area contributed by atoms with Gasteiger partial charge in [-0.2, -0.15) is 0 Å². The van der Waals surface area contributed by atoms with Crippen LogP contribution in [0.25, 0.3) is 0 Å². The first-order valence-electron chi connectivity index (χ1n) is 8.66. The zero-order valence-corrected chi connectivity index (χ0v) is 14.1. The summed E-state index contributed by atoms with van der Waals surface area (Å²) in [4.78, 5) is 14.8. The van der Waals surface area contributed by atoms with Crippen molar-refractivity contribution >= 4 is 5.91 Å². The van der Waals surface area contributed by atoms with Crippen molar-refractivity contribution in [1.82, 2.24) is 10.1 Å². The van der Waals surface area contributed by atoms with Crippen LogP contribution < -0.4 is 0 Å². The van der Waals surface area contributed by atoms with Crippen LogP contribution in [0.5, 0.6) is 0 Å². The number of fused-ring (bicyclic) bond motifs is 1. The van der Waals surface area contributed by atoms with Crippen molar-refractivity contribution in [3.8, 4) is 0 Å². The average molecular weight is 332 g/mol. The van der Waals surface area contributed by atoms with Gasteiger partial charge in [-0.15, -0.1) is 0 Å². The molecule has 0 bridgehead atoms. The van der Waals surface area contributed by atoms with Crippen molar-refractivity contribution in [1.29, 1.82) is 0 Å². The van der Waals surface area contributed by atoms with Gasteiger partial charge in [-0.1, -0.05) is 5.16 Å². The van der Waals surface area contributed by atoms with Gasteiger partial charge in [0.2, 0.25) is 0 Å². The van der Waals surface area contributed by atoms with Gasteiger partial charge >= 0.3 is 0 Å². The van der Waals surface area contributed by atoms with Crippen LogP contribution in [0.2, 0.25) is 0 Å². The third-order valence-electron chi connectivity index (χ3n) is 4.29. The van der Waals surface area contributed by atoms with E-state index in [1.54, 1.807) is 11.2 Å². The number of carbonyl (C=O) groups excluding carboxylic acids is 1. The second-order valence-electron chi connectivity index (χ2n) is 6.00. The maximum atomic E-state index is 13.0. The maximum absolute atomic E-state index is 13.0. The Morgan fingerprint density at radius 2 is 2.25 bits per heavy atom. The highest BCUT2D eigenvalue weighted by atomic mass is 16.5. The van der Waals surface area contributed by atoms with Gasteiger partial charge in [-0.05, 0) is 44.7 Å². The Balaban J connectivity index is 1.73. The molecule has 2 heterocycles. The van der Waals surface area contributed by atoms with Crippen LogP contribution in [-0.4, -0.2) is 35.7 Å². The minimum atomic E-state index is -0.0881. The summed E-state index contributed by atoms with van der Waals surface area (Å²) in [6, 6.07) is 3.71. The molecule has 2 aromatic rings. The molecule has 6 nitrogen and oxygen atoms in total. The fourth-order valence-corrected chi connectivity index (χ4v) is 3.05. The van der Waals surface area contributed by atoms with Crippen molar-refractivity contribution in [2.45, 2.75) is 45.6 Å². The molecule has 3 rings (SSSR count). The van der Waals surface area contributed by atoms with E-state index in [1.165, 1.54) is 0 Å². The van der Waals surface area contributed by atoms with E-state index in [1.807, 2.05) is 19.1 Å². The van der Waals surface area contributed by atoms with E-state index in [0.29, 0.717) is 32.0 Å². The van der Waals surface area contributed by atoms with Crippen LogP contribution in [0.15, 0.2) is 27.3 Å². The summed E-state index contributed by atoms with van der Waals surface area (Å²) in [6.45, 7) is 4.31. The zero-order valence-electron chi connectivity index (χ0n) is 14.1. The molecule has 130 valence electrons. The summed E-state index contributed by atoms with van der Waals surface area (Å²) in [7, 11) is 0. The van der Waals surface area contributed by atoms with Gasteiger partial charge < -0.3 is 18.6 Å². The highest BCUT2D eigenvalue weighted by Crippen LogP contribution is 2.25. The van der Waals surface area contributed by atoms with Gasteiger partial charge in [0.25, 0.3) is 5.91 Å². The lowest BCUT2D eigenvalue weighted by Crippen LogP contribution is -2.33. The molecule has 0 spiro atoms. The third kappa shape index (κ3) is 3.87. The first-order chi connectivity index (χ1) is 11.8. The number of aryl methyl sites for hydroxylation is 1. The molecule has 2 aromatic heterocycles. The van der Waals surface area contributed by atoms with E-state index < -0.39 is 0 Å². The quantitative estimate of drug-likeness (QED) is 0.694. The van der Waals surface area contributed by atoms with Crippen molar-refractivity contribution in [3.63, 3.8) is 0 Å². The second kappa shape index (κ2) is 8.15. The molecule has 6 heteroatoms. The molecule has 0 unspecified atom stereocenters. The van der Waals surface area contributed by atoms with Gasteiger partial charge in [-0.25, -0.2) is 0 Å². The fourth-order valence-electron chi connectivity index (χ4n) is 3.05. The van der Waals surface area contributed by atoms with Crippen LogP contribution in [0.4, 0.5) is 0 Å². The van der Waals surface area contributed by atoms with Crippen molar-refractivity contribution < 1.29 is 18.5 Å². The summed E-state index contributed by atoms with van der Waals surface area (Å²) in [5, 5.41) is 4.06. The first kappa shape index (κ1) is 16.8. The van der Waals surface area contributed by atoms with Crippen molar-refractivity contribution in [2.75, 3.05) is 19.8 Å². The SMILES string of the molecule is CCOCCCN(Cc1ccco1)C(=O)c1noc2c1CCCC2. The van der Waals surface area contributed by atoms with Gasteiger partial charge in [-0.3, -0.25) is 4.79 Å². The number of carbonyl (C=O) groups is 1. The molecule has 0 saturated carbocycles. The van der Waals surface area contributed by atoms with Crippen molar-refractivity contribution in [2.24, 2.45) is 0 Å². The van der Waals surface area contributed by atoms with Crippen molar-refractivity contribution in [3.05, 3.63) is 41.2 Å². The number of furan rings is 1. The number of aromatic nitrogens is 1. The lowest BCUT2D eigenvalue weighted by molar-refractivity contribution is 0.0688. The molecular weight excluding hydrogens is 308 g/mol. The molecule has 0 radical (unpaired) electrons. The zero-order chi connectivity index (χ0) is 16.8. The Kier molecular flexibility index (Phi) is 5.69. The number of amides is 1. The summed E-state index contributed by atoms with van der Waals surface area (Å²) in [5.41, 5.74) is 1.45. The topological polar surface area (TPSA) is 68.7 Å². The fraction of sp³-hybridized carbons (Fsp3) is 0.556. The summed E-state index contributed by atoms with van der Waals surface area (Å²) in [6.07, 6.45) is 6.32. The number of rotatable bonds is 8. The lowest BCUT2D eigenvalue weighted by atomic mass is 9.96. The standard InChI is InChI=1S/C18H24N2O4/c1-2-22-11-6-10-20(13-14-7-5-12-23-14)18(21)17-15-8-3-4-9-16(15)24-19-17/h5,7,12H,2-4,6,8-11,13H2,1H3. The summed E-state index contributed by atoms with van der Waals surface area (Å²) in [5.74, 6) is 1.55. The van der Waals surface area contributed by atoms with Crippen LogP contribution >= 0.6 is 0 Å².